The lowest BCUT2D eigenvalue weighted by molar-refractivity contribution is -0.134. The number of sulfonamides is 1. The van der Waals surface area contributed by atoms with Crippen LogP contribution in [0.2, 0.25) is 5.02 Å². The summed E-state index contributed by atoms with van der Waals surface area (Å²) < 4.78 is 35.0. The molecule has 0 radical (unpaired) electrons. The first kappa shape index (κ1) is 22.6. The van der Waals surface area contributed by atoms with E-state index in [4.69, 9.17) is 16.3 Å². The van der Waals surface area contributed by atoms with Crippen molar-refractivity contribution in [1.82, 2.24) is 19.0 Å². The van der Waals surface area contributed by atoms with Crippen LogP contribution in [0.15, 0.2) is 23.1 Å². The van der Waals surface area contributed by atoms with Gasteiger partial charge in [0.2, 0.25) is 10.0 Å². The molecule has 1 aliphatic rings. The second-order valence-electron chi connectivity index (χ2n) is 7.30. The second kappa shape index (κ2) is 8.95. The zero-order valence-electron chi connectivity index (χ0n) is 17.7. The number of piperazine rings is 1. The van der Waals surface area contributed by atoms with E-state index in [-0.39, 0.29) is 30.5 Å². The summed E-state index contributed by atoms with van der Waals surface area (Å²) in [7, 11) is -3.66. The predicted molar refractivity (Wildman–Crippen MR) is 114 cm³/mol. The zero-order valence-corrected chi connectivity index (χ0v) is 19.3. The fourth-order valence-corrected chi connectivity index (χ4v) is 5.70. The van der Waals surface area contributed by atoms with Crippen molar-refractivity contribution in [3.63, 3.8) is 0 Å². The van der Waals surface area contributed by atoms with E-state index in [1.807, 2.05) is 13.8 Å². The molecule has 8 nitrogen and oxygen atoms in total. The molecule has 1 aromatic carbocycles. The molecule has 0 N–H and O–H groups in total. The Kier molecular flexibility index (Phi) is 6.74. The van der Waals surface area contributed by atoms with Gasteiger partial charge in [-0.1, -0.05) is 11.6 Å². The van der Waals surface area contributed by atoms with Crippen LogP contribution in [0.4, 0.5) is 0 Å². The summed E-state index contributed by atoms with van der Waals surface area (Å²) in [6, 6.07) is 5.22. The molecule has 0 atom stereocenters. The van der Waals surface area contributed by atoms with E-state index in [1.165, 1.54) is 4.31 Å². The van der Waals surface area contributed by atoms with Crippen LogP contribution in [0.3, 0.4) is 0 Å². The SMILES string of the molecule is CCn1nc(C)c(S(=O)(=O)N2CCN(C(=O)COc3ccc(Cl)cc3C)CC2)c1C. The molecule has 0 saturated carbocycles. The van der Waals surface area contributed by atoms with Crippen LogP contribution in [0.25, 0.3) is 0 Å². The van der Waals surface area contributed by atoms with Crippen LogP contribution in [-0.2, 0) is 21.4 Å². The van der Waals surface area contributed by atoms with Crippen molar-refractivity contribution >= 4 is 27.5 Å². The van der Waals surface area contributed by atoms with Crippen LogP contribution in [-0.4, -0.2) is 66.1 Å². The van der Waals surface area contributed by atoms with Crippen molar-refractivity contribution in [3.8, 4) is 5.75 Å². The Morgan fingerprint density at radius 1 is 1.17 bits per heavy atom. The fraction of sp³-hybridized carbons (Fsp3) is 0.500. The summed E-state index contributed by atoms with van der Waals surface area (Å²) in [4.78, 5) is 14.4. The molecule has 1 saturated heterocycles. The van der Waals surface area contributed by atoms with Gasteiger partial charge in [-0.3, -0.25) is 9.48 Å². The summed E-state index contributed by atoms with van der Waals surface area (Å²) >= 11 is 5.94. The van der Waals surface area contributed by atoms with Gasteiger partial charge >= 0.3 is 0 Å². The first-order valence-corrected chi connectivity index (χ1v) is 11.7. The van der Waals surface area contributed by atoms with E-state index in [1.54, 1.807) is 41.6 Å². The molecule has 0 unspecified atom stereocenters. The zero-order chi connectivity index (χ0) is 22.1. The topological polar surface area (TPSA) is 84.7 Å². The van der Waals surface area contributed by atoms with Gasteiger partial charge in [0, 0.05) is 37.7 Å². The maximum absolute atomic E-state index is 13.1. The van der Waals surface area contributed by atoms with Crippen LogP contribution in [0, 0.1) is 20.8 Å². The number of carbonyl (C=O) groups excluding carboxylic acids is 1. The lowest BCUT2D eigenvalue weighted by Gasteiger charge is -2.34. The minimum Gasteiger partial charge on any atom is -0.483 e. The number of hydrogen-bond acceptors (Lipinski definition) is 5. The number of amides is 1. The smallest absolute Gasteiger partial charge is 0.260 e. The van der Waals surface area contributed by atoms with E-state index in [2.05, 4.69) is 5.10 Å². The summed E-state index contributed by atoms with van der Waals surface area (Å²) in [5.41, 5.74) is 1.99. The lowest BCUT2D eigenvalue weighted by Crippen LogP contribution is -2.51. The minimum absolute atomic E-state index is 0.100. The molecule has 1 fully saturated rings. The third-order valence-electron chi connectivity index (χ3n) is 5.29. The minimum atomic E-state index is -3.66. The lowest BCUT2D eigenvalue weighted by atomic mass is 10.2. The van der Waals surface area contributed by atoms with Gasteiger partial charge in [-0.15, -0.1) is 0 Å². The molecule has 1 aliphatic heterocycles. The average Bonchev–Trinajstić information content (AvgIpc) is 3.01. The van der Waals surface area contributed by atoms with E-state index < -0.39 is 10.0 Å². The van der Waals surface area contributed by atoms with Crippen LogP contribution in [0.5, 0.6) is 5.75 Å². The number of ether oxygens (including phenoxy) is 1. The van der Waals surface area contributed by atoms with Crippen molar-refractivity contribution in [3.05, 3.63) is 40.2 Å². The first-order chi connectivity index (χ1) is 14.1. The van der Waals surface area contributed by atoms with Crippen LogP contribution < -0.4 is 4.74 Å². The molecule has 1 aromatic heterocycles. The van der Waals surface area contributed by atoms with Gasteiger partial charge < -0.3 is 9.64 Å². The molecule has 30 heavy (non-hydrogen) atoms. The highest BCUT2D eigenvalue weighted by Crippen LogP contribution is 2.25. The van der Waals surface area contributed by atoms with Gasteiger partial charge in [0.05, 0.1) is 11.4 Å². The third kappa shape index (κ3) is 4.48. The molecule has 164 valence electrons. The van der Waals surface area contributed by atoms with Crippen LogP contribution in [0.1, 0.15) is 23.9 Å². The molecule has 2 heterocycles. The van der Waals surface area contributed by atoms with Crippen molar-refractivity contribution in [1.29, 1.82) is 0 Å². The highest BCUT2D eigenvalue weighted by Gasteiger charge is 2.34. The molecule has 3 rings (SSSR count). The maximum atomic E-state index is 13.1. The first-order valence-electron chi connectivity index (χ1n) is 9.86. The Labute approximate surface area is 182 Å². The van der Waals surface area contributed by atoms with Gasteiger partial charge in [-0.25, -0.2) is 8.42 Å². The number of aryl methyl sites for hydroxylation is 3. The Morgan fingerprint density at radius 3 is 2.40 bits per heavy atom. The molecule has 0 bridgehead atoms. The van der Waals surface area contributed by atoms with Gasteiger partial charge in [0.15, 0.2) is 6.61 Å². The monoisotopic (exact) mass is 454 g/mol. The number of benzene rings is 1. The quantitative estimate of drug-likeness (QED) is 0.669. The molecule has 0 aliphatic carbocycles. The van der Waals surface area contributed by atoms with Crippen molar-refractivity contribution in [2.24, 2.45) is 0 Å². The van der Waals surface area contributed by atoms with Gasteiger partial charge in [0.1, 0.15) is 10.6 Å². The number of rotatable bonds is 6. The maximum Gasteiger partial charge on any atom is 0.260 e. The Bertz CT molecular complexity index is 1040. The second-order valence-corrected chi connectivity index (χ2v) is 9.61. The number of aromatic nitrogens is 2. The number of hydrogen-bond donors (Lipinski definition) is 0. The van der Waals surface area contributed by atoms with Gasteiger partial charge in [-0.05, 0) is 51.5 Å². The van der Waals surface area contributed by atoms with Gasteiger partial charge in [-0.2, -0.15) is 9.40 Å². The van der Waals surface area contributed by atoms with E-state index in [9.17, 15) is 13.2 Å². The van der Waals surface area contributed by atoms with E-state index >= 15 is 0 Å². The number of nitrogens with zero attached hydrogens (tertiary/aromatic N) is 4. The van der Waals surface area contributed by atoms with Crippen molar-refractivity contribution in [2.75, 3.05) is 32.8 Å². The largest absolute Gasteiger partial charge is 0.483 e. The molecule has 2 aromatic rings. The number of carbonyl (C=O) groups is 1. The van der Waals surface area contributed by atoms with E-state index in [0.717, 1.165) is 5.56 Å². The summed E-state index contributed by atoms with van der Waals surface area (Å²) in [6.07, 6.45) is 0. The Hall–Kier alpha value is -2.10. The summed E-state index contributed by atoms with van der Waals surface area (Å²) in [5.74, 6) is 0.431. The normalized spacial score (nSPS) is 15.4. The van der Waals surface area contributed by atoms with Crippen molar-refractivity contribution < 1.29 is 17.9 Å². The number of halogens is 1. The van der Waals surface area contributed by atoms with Gasteiger partial charge in [0.25, 0.3) is 5.91 Å². The molecular formula is C20H27ClN4O4S. The third-order valence-corrected chi connectivity index (χ3v) is 7.68. The molecule has 10 heteroatoms. The van der Waals surface area contributed by atoms with E-state index in [0.29, 0.717) is 41.8 Å². The van der Waals surface area contributed by atoms with Crippen LogP contribution >= 0.6 is 11.6 Å². The molecular weight excluding hydrogens is 428 g/mol. The Balaban J connectivity index is 1.61. The predicted octanol–water partition coefficient (Wildman–Crippen LogP) is 2.39. The van der Waals surface area contributed by atoms with Crippen molar-refractivity contribution in [2.45, 2.75) is 39.1 Å². The average molecular weight is 455 g/mol. The molecule has 0 spiro atoms. The summed E-state index contributed by atoms with van der Waals surface area (Å²) in [6.45, 7) is 8.90. The fourth-order valence-electron chi connectivity index (χ4n) is 3.67. The highest BCUT2D eigenvalue weighted by atomic mass is 35.5. The molecule has 1 amide bonds. The Morgan fingerprint density at radius 2 is 1.83 bits per heavy atom. The highest BCUT2D eigenvalue weighted by molar-refractivity contribution is 7.89. The standard InChI is InChI=1S/C20H27ClN4O4S/c1-5-25-16(4)20(15(3)22-25)30(27,28)24-10-8-23(9-11-24)19(26)13-29-18-7-6-17(21)12-14(18)2/h6-7,12H,5,8-11,13H2,1-4H3. The summed E-state index contributed by atoms with van der Waals surface area (Å²) in [5, 5.41) is 4.93.